The minimum Gasteiger partial charge on any atom is -0.491 e. The van der Waals surface area contributed by atoms with E-state index in [0.717, 1.165) is 25.7 Å². The second-order valence-electron chi connectivity index (χ2n) is 6.20. The van der Waals surface area contributed by atoms with Crippen molar-refractivity contribution in [1.82, 2.24) is 14.8 Å². The van der Waals surface area contributed by atoms with Gasteiger partial charge in [0.05, 0.1) is 23.6 Å². The number of rotatable bonds is 9. The van der Waals surface area contributed by atoms with Gasteiger partial charge in [-0.15, -0.1) is 11.6 Å². The van der Waals surface area contributed by atoms with Gasteiger partial charge in [0.2, 0.25) is 0 Å². The van der Waals surface area contributed by atoms with Gasteiger partial charge in [-0.2, -0.15) is 5.10 Å². The fraction of sp³-hybridized carbons (Fsp3) is 0.529. The first-order valence-electron chi connectivity index (χ1n) is 8.18. The van der Waals surface area contributed by atoms with Gasteiger partial charge in [-0.1, -0.05) is 12.1 Å². The molecule has 2 aromatic rings. The summed E-state index contributed by atoms with van der Waals surface area (Å²) in [5.74, 6) is -0.0886. The molecule has 0 saturated heterocycles. The quantitative estimate of drug-likeness (QED) is 0.555. The Hall–Kier alpha value is -1.66. The van der Waals surface area contributed by atoms with Gasteiger partial charge in [0.15, 0.2) is 11.6 Å². The standard InChI is InChI=1S/C17H21ClFN3O2/c18-17(8-9-17)16(23)14(22-12-20-11-21-22)6-3-4-10-24-15-7-2-1-5-13(15)19/h1-2,5,7,11-12,14,16,23H,3-4,6,8-10H2. The van der Waals surface area contributed by atoms with Crippen LogP contribution < -0.4 is 4.74 Å². The van der Waals surface area contributed by atoms with E-state index in [1.54, 1.807) is 29.2 Å². The van der Waals surface area contributed by atoms with Gasteiger partial charge in [-0.25, -0.2) is 14.1 Å². The average Bonchev–Trinajstić information content (AvgIpc) is 3.11. The van der Waals surface area contributed by atoms with E-state index in [1.165, 1.54) is 12.4 Å². The zero-order chi connectivity index (χ0) is 17.0. The molecule has 0 amide bonds. The van der Waals surface area contributed by atoms with Gasteiger partial charge < -0.3 is 9.84 Å². The van der Waals surface area contributed by atoms with Crippen LogP contribution in [0.25, 0.3) is 0 Å². The first-order chi connectivity index (χ1) is 11.6. The summed E-state index contributed by atoms with van der Waals surface area (Å²) in [5.41, 5.74) is 0. The maximum Gasteiger partial charge on any atom is 0.165 e. The van der Waals surface area contributed by atoms with Crippen molar-refractivity contribution < 1.29 is 14.2 Å². The first-order valence-corrected chi connectivity index (χ1v) is 8.56. The van der Waals surface area contributed by atoms with Crippen LogP contribution in [-0.2, 0) is 0 Å². The number of para-hydroxylation sites is 1. The smallest absolute Gasteiger partial charge is 0.165 e. The van der Waals surface area contributed by atoms with Gasteiger partial charge in [-0.3, -0.25) is 0 Å². The molecule has 1 fully saturated rings. The lowest BCUT2D eigenvalue weighted by atomic mass is 10.0. The third-order valence-corrected chi connectivity index (χ3v) is 4.99. The summed E-state index contributed by atoms with van der Waals surface area (Å²) in [4.78, 5) is 3.43. The van der Waals surface area contributed by atoms with E-state index in [9.17, 15) is 9.50 Å². The number of unbranched alkanes of at least 4 members (excludes halogenated alkanes) is 1. The van der Waals surface area contributed by atoms with E-state index in [1.807, 2.05) is 0 Å². The summed E-state index contributed by atoms with van der Waals surface area (Å²) in [5, 5.41) is 14.7. The van der Waals surface area contributed by atoms with E-state index in [2.05, 4.69) is 10.1 Å². The molecule has 2 unspecified atom stereocenters. The van der Waals surface area contributed by atoms with Crippen molar-refractivity contribution in [2.45, 2.75) is 49.1 Å². The predicted molar refractivity (Wildman–Crippen MR) is 88.6 cm³/mol. The summed E-state index contributed by atoms with van der Waals surface area (Å²) in [7, 11) is 0. The van der Waals surface area contributed by atoms with Crippen LogP contribution in [0.5, 0.6) is 5.75 Å². The SMILES string of the molecule is OC(C(CCCCOc1ccccc1F)n1cncn1)C1(Cl)CC1. The molecule has 1 saturated carbocycles. The second-order valence-corrected chi connectivity index (χ2v) is 6.95. The number of aromatic nitrogens is 3. The molecule has 1 aromatic carbocycles. The van der Waals surface area contributed by atoms with Crippen molar-refractivity contribution >= 4 is 11.6 Å². The molecule has 5 nitrogen and oxygen atoms in total. The zero-order valence-corrected chi connectivity index (χ0v) is 14.1. The second kappa shape index (κ2) is 7.49. The highest BCUT2D eigenvalue weighted by molar-refractivity contribution is 6.26. The van der Waals surface area contributed by atoms with Crippen LogP contribution in [0.3, 0.4) is 0 Å². The zero-order valence-electron chi connectivity index (χ0n) is 13.3. The van der Waals surface area contributed by atoms with E-state index in [0.29, 0.717) is 13.0 Å². The van der Waals surface area contributed by atoms with Gasteiger partial charge >= 0.3 is 0 Å². The molecule has 130 valence electrons. The van der Waals surface area contributed by atoms with Crippen LogP contribution in [0, 0.1) is 5.82 Å². The predicted octanol–water partition coefficient (Wildman–Crippen LogP) is 3.34. The molecule has 1 heterocycles. The van der Waals surface area contributed by atoms with Crippen molar-refractivity contribution in [3.05, 3.63) is 42.7 Å². The van der Waals surface area contributed by atoms with Crippen LogP contribution in [0.15, 0.2) is 36.9 Å². The maximum atomic E-state index is 13.5. The number of nitrogens with zero attached hydrogens (tertiary/aromatic N) is 3. The summed E-state index contributed by atoms with van der Waals surface area (Å²) < 4.78 is 20.6. The van der Waals surface area contributed by atoms with Crippen LogP contribution >= 0.6 is 11.6 Å². The molecule has 2 atom stereocenters. The minimum atomic E-state index is -0.659. The summed E-state index contributed by atoms with van der Waals surface area (Å²) in [6, 6.07) is 6.15. The Morgan fingerprint density at radius 1 is 1.33 bits per heavy atom. The maximum absolute atomic E-state index is 13.5. The fourth-order valence-electron chi connectivity index (χ4n) is 2.78. The highest BCUT2D eigenvalue weighted by Crippen LogP contribution is 2.49. The minimum absolute atomic E-state index is 0.207. The largest absolute Gasteiger partial charge is 0.491 e. The Labute approximate surface area is 145 Å². The molecule has 1 N–H and O–H groups in total. The summed E-state index contributed by atoms with van der Waals surface area (Å²) in [6.07, 6.45) is 6.30. The molecular weight excluding hydrogens is 333 g/mol. The molecule has 0 spiro atoms. The topological polar surface area (TPSA) is 60.2 Å². The molecule has 3 rings (SSSR count). The fourth-order valence-corrected chi connectivity index (χ4v) is 3.02. The number of aliphatic hydroxyl groups is 1. The van der Waals surface area contributed by atoms with E-state index >= 15 is 0 Å². The van der Waals surface area contributed by atoms with Gasteiger partial charge in [0, 0.05) is 0 Å². The average molecular weight is 354 g/mol. The van der Waals surface area contributed by atoms with Crippen molar-refractivity contribution in [2.75, 3.05) is 6.61 Å². The number of aliphatic hydroxyl groups excluding tert-OH is 1. The van der Waals surface area contributed by atoms with Crippen LogP contribution in [-0.4, -0.2) is 37.5 Å². The Morgan fingerprint density at radius 2 is 2.12 bits per heavy atom. The highest BCUT2D eigenvalue weighted by atomic mass is 35.5. The van der Waals surface area contributed by atoms with Crippen LogP contribution in [0.1, 0.15) is 38.1 Å². The third-order valence-electron chi connectivity index (χ3n) is 4.39. The molecular formula is C17H21ClFN3O2. The van der Waals surface area contributed by atoms with Gasteiger partial charge in [0.1, 0.15) is 12.7 Å². The number of hydrogen-bond donors (Lipinski definition) is 1. The molecule has 0 bridgehead atoms. The van der Waals surface area contributed by atoms with Crippen molar-refractivity contribution in [2.24, 2.45) is 0 Å². The molecule has 1 aromatic heterocycles. The molecule has 1 aliphatic rings. The third kappa shape index (κ3) is 4.05. The van der Waals surface area contributed by atoms with Crippen molar-refractivity contribution in [1.29, 1.82) is 0 Å². The lowest BCUT2D eigenvalue weighted by Gasteiger charge is -2.26. The summed E-state index contributed by atoms with van der Waals surface area (Å²) >= 11 is 6.37. The molecule has 24 heavy (non-hydrogen) atoms. The summed E-state index contributed by atoms with van der Waals surface area (Å²) in [6.45, 7) is 0.424. The first kappa shape index (κ1) is 17.2. The van der Waals surface area contributed by atoms with Gasteiger partial charge in [0.25, 0.3) is 0 Å². The Morgan fingerprint density at radius 3 is 2.79 bits per heavy atom. The number of hydrogen-bond acceptors (Lipinski definition) is 4. The molecule has 1 aliphatic carbocycles. The normalized spacial score (nSPS) is 18.1. The number of halogens is 2. The van der Waals surface area contributed by atoms with Crippen LogP contribution in [0.2, 0.25) is 0 Å². The van der Waals surface area contributed by atoms with E-state index in [-0.39, 0.29) is 17.6 Å². The lowest BCUT2D eigenvalue weighted by Crippen LogP contribution is -2.34. The van der Waals surface area contributed by atoms with E-state index < -0.39 is 11.0 Å². The van der Waals surface area contributed by atoms with Crippen molar-refractivity contribution in [3.63, 3.8) is 0 Å². The Balaban J connectivity index is 1.48. The number of benzene rings is 1. The van der Waals surface area contributed by atoms with E-state index in [4.69, 9.17) is 16.3 Å². The molecule has 0 aliphatic heterocycles. The highest BCUT2D eigenvalue weighted by Gasteiger charge is 2.50. The van der Waals surface area contributed by atoms with Crippen LogP contribution in [0.4, 0.5) is 4.39 Å². The van der Waals surface area contributed by atoms with Gasteiger partial charge in [-0.05, 0) is 44.2 Å². The van der Waals surface area contributed by atoms with Crippen molar-refractivity contribution in [3.8, 4) is 5.75 Å². The molecule has 0 radical (unpaired) electrons. The molecule has 7 heteroatoms. The number of ether oxygens (including phenoxy) is 1. The Bertz CT molecular complexity index is 649. The lowest BCUT2D eigenvalue weighted by molar-refractivity contribution is 0.0871. The number of alkyl halides is 1. The Kier molecular flexibility index (Phi) is 5.36. The monoisotopic (exact) mass is 353 g/mol.